The van der Waals surface area contributed by atoms with Gasteiger partial charge in [0.15, 0.2) is 0 Å². The van der Waals surface area contributed by atoms with Crippen LogP contribution in [0.3, 0.4) is 0 Å². The van der Waals surface area contributed by atoms with Crippen molar-refractivity contribution in [3.8, 4) is 5.75 Å². The Labute approximate surface area is 161 Å². The summed E-state index contributed by atoms with van der Waals surface area (Å²) < 4.78 is 19.5. The maximum Gasteiger partial charge on any atom is 0.265 e. The summed E-state index contributed by atoms with van der Waals surface area (Å²) in [7, 11) is 0. The summed E-state index contributed by atoms with van der Waals surface area (Å²) in [5, 5.41) is 2.83. The van der Waals surface area contributed by atoms with Gasteiger partial charge in [0, 0.05) is 18.2 Å². The average molecular weight is 432 g/mol. The molecule has 0 heterocycles. The quantitative estimate of drug-likeness (QED) is 0.697. The van der Waals surface area contributed by atoms with E-state index < -0.39 is 6.10 Å². The number of nitrogens with two attached hydrogens (primary N) is 1. The summed E-state index contributed by atoms with van der Waals surface area (Å²) >= 11 is 3.26. The molecule has 0 aromatic heterocycles. The summed E-state index contributed by atoms with van der Waals surface area (Å²) in [5.74, 6) is -0.252. The zero-order valence-electron chi connectivity index (χ0n) is 13.7. The first kappa shape index (κ1) is 21.4. The third-order valence-corrected chi connectivity index (χ3v) is 4.00. The average Bonchev–Trinajstić information content (AvgIpc) is 2.54. The Kier molecular flexibility index (Phi) is 8.89. The Morgan fingerprint density at radius 1 is 1.28 bits per heavy atom. The second-order valence-electron chi connectivity index (χ2n) is 5.54. The summed E-state index contributed by atoms with van der Waals surface area (Å²) in [6, 6.07) is 13.2. The highest BCUT2D eigenvalue weighted by molar-refractivity contribution is 9.10. The minimum absolute atomic E-state index is 0. The van der Waals surface area contributed by atoms with Crippen LogP contribution in [-0.4, -0.2) is 18.5 Å². The largest absolute Gasteiger partial charge is 0.475 e. The lowest BCUT2D eigenvalue weighted by molar-refractivity contribution is -0.128. The monoisotopic (exact) mass is 430 g/mol. The molecule has 0 fully saturated rings. The molecule has 2 aromatic carbocycles. The topological polar surface area (TPSA) is 64.3 Å². The maximum absolute atomic E-state index is 13.2. The molecule has 2 rings (SSSR count). The minimum atomic E-state index is -0.832. The third kappa shape index (κ3) is 6.65. The van der Waals surface area contributed by atoms with Crippen LogP contribution < -0.4 is 15.8 Å². The first-order chi connectivity index (χ1) is 11.5. The second kappa shape index (κ2) is 10.4. The van der Waals surface area contributed by atoms with Crippen LogP contribution in [0.1, 0.15) is 25.0 Å². The Morgan fingerprint density at radius 2 is 1.96 bits per heavy atom. The van der Waals surface area contributed by atoms with E-state index in [1.165, 1.54) is 18.2 Å². The van der Waals surface area contributed by atoms with E-state index in [4.69, 9.17) is 10.5 Å². The van der Waals surface area contributed by atoms with Crippen molar-refractivity contribution in [2.75, 3.05) is 6.54 Å². The Balaban J connectivity index is 0.00000312. The van der Waals surface area contributed by atoms with Crippen molar-refractivity contribution in [1.82, 2.24) is 5.32 Å². The second-order valence-corrected chi connectivity index (χ2v) is 6.39. The van der Waals surface area contributed by atoms with Gasteiger partial charge in [0.1, 0.15) is 11.6 Å². The standard InChI is InChI=1S/C18H20BrFN2O2.ClH/c1-12(21)9-10-22-18(23)17(13-5-3-2-4-6-13)24-16-8-7-14(20)11-15(16)19;/h2-8,11-12,17H,9-10,21H2,1H3,(H,22,23);1H. The van der Waals surface area contributed by atoms with Crippen molar-refractivity contribution in [2.45, 2.75) is 25.5 Å². The van der Waals surface area contributed by atoms with Crippen molar-refractivity contribution >= 4 is 34.2 Å². The number of carbonyl (C=O) groups excluding carboxylic acids is 1. The van der Waals surface area contributed by atoms with E-state index in [1.54, 1.807) is 0 Å². The van der Waals surface area contributed by atoms with Crippen LogP contribution in [0.2, 0.25) is 0 Å². The van der Waals surface area contributed by atoms with Gasteiger partial charge in [0.25, 0.3) is 5.91 Å². The van der Waals surface area contributed by atoms with E-state index in [0.717, 1.165) is 0 Å². The predicted molar refractivity (Wildman–Crippen MR) is 102 cm³/mol. The van der Waals surface area contributed by atoms with Crippen molar-refractivity contribution in [3.05, 3.63) is 64.4 Å². The number of amides is 1. The zero-order chi connectivity index (χ0) is 17.5. The molecule has 0 aliphatic heterocycles. The summed E-state index contributed by atoms with van der Waals surface area (Å²) in [6.45, 7) is 2.35. The lowest BCUT2D eigenvalue weighted by atomic mass is 10.1. The number of hydrogen-bond acceptors (Lipinski definition) is 3. The molecular formula is C18H21BrClFN2O2. The van der Waals surface area contributed by atoms with Crippen molar-refractivity contribution in [2.24, 2.45) is 5.73 Å². The number of ether oxygens (including phenoxy) is 1. The summed E-state index contributed by atoms with van der Waals surface area (Å²) in [5.41, 5.74) is 6.41. The molecule has 3 N–H and O–H groups in total. The molecule has 2 atom stereocenters. The van der Waals surface area contributed by atoms with Crippen molar-refractivity contribution in [1.29, 1.82) is 0 Å². The molecule has 7 heteroatoms. The normalized spacial score (nSPS) is 12.6. The number of hydrogen-bond donors (Lipinski definition) is 2. The zero-order valence-corrected chi connectivity index (χ0v) is 16.1. The summed E-state index contributed by atoms with van der Waals surface area (Å²) in [6.07, 6.45) is -0.158. The Hall–Kier alpha value is -1.63. The fourth-order valence-corrected chi connectivity index (χ4v) is 2.56. The van der Waals surface area contributed by atoms with Gasteiger partial charge in [0.2, 0.25) is 6.10 Å². The van der Waals surface area contributed by atoms with E-state index in [1.807, 2.05) is 37.3 Å². The van der Waals surface area contributed by atoms with Gasteiger partial charge in [-0.2, -0.15) is 0 Å². The highest BCUT2D eigenvalue weighted by Gasteiger charge is 2.23. The van der Waals surface area contributed by atoms with Crippen LogP contribution in [0, 0.1) is 5.82 Å². The van der Waals surface area contributed by atoms with Crippen LogP contribution in [0.25, 0.3) is 0 Å². The molecular weight excluding hydrogens is 411 g/mol. The predicted octanol–water partition coefficient (Wildman–Crippen LogP) is 3.98. The number of benzene rings is 2. The van der Waals surface area contributed by atoms with Crippen LogP contribution in [-0.2, 0) is 4.79 Å². The van der Waals surface area contributed by atoms with Crippen LogP contribution in [0.15, 0.2) is 53.0 Å². The molecule has 136 valence electrons. The highest BCUT2D eigenvalue weighted by atomic mass is 79.9. The first-order valence-corrected chi connectivity index (χ1v) is 8.46. The minimum Gasteiger partial charge on any atom is -0.475 e. The highest BCUT2D eigenvalue weighted by Crippen LogP contribution is 2.30. The molecule has 0 saturated carbocycles. The van der Waals surface area contributed by atoms with E-state index in [0.29, 0.717) is 28.8 Å². The smallest absolute Gasteiger partial charge is 0.265 e. The van der Waals surface area contributed by atoms with E-state index in [9.17, 15) is 9.18 Å². The molecule has 0 spiro atoms. The van der Waals surface area contributed by atoms with E-state index >= 15 is 0 Å². The van der Waals surface area contributed by atoms with Gasteiger partial charge in [-0.15, -0.1) is 12.4 Å². The molecule has 4 nitrogen and oxygen atoms in total. The Bertz CT molecular complexity index is 686. The van der Waals surface area contributed by atoms with Gasteiger partial charge in [-0.05, 0) is 47.5 Å². The van der Waals surface area contributed by atoms with Gasteiger partial charge in [0.05, 0.1) is 4.47 Å². The Morgan fingerprint density at radius 3 is 2.56 bits per heavy atom. The molecule has 0 radical (unpaired) electrons. The van der Waals surface area contributed by atoms with Gasteiger partial charge >= 0.3 is 0 Å². The molecule has 0 aliphatic carbocycles. The first-order valence-electron chi connectivity index (χ1n) is 7.67. The van der Waals surface area contributed by atoms with Crippen LogP contribution in [0.5, 0.6) is 5.75 Å². The molecule has 2 unspecified atom stereocenters. The van der Waals surface area contributed by atoms with E-state index in [-0.39, 0.29) is 30.2 Å². The van der Waals surface area contributed by atoms with Gasteiger partial charge < -0.3 is 15.8 Å². The van der Waals surface area contributed by atoms with Gasteiger partial charge in [-0.25, -0.2) is 4.39 Å². The summed E-state index contributed by atoms with van der Waals surface area (Å²) in [4.78, 5) is 12.5. The van der Waals surface area contributed by atoms with Gasteiger partial charge in [-0.1, -0.05) is 30.3 Å². The molecule has 0 aliphatic rings. The molecule has 0 bridgehead atoms. The van der Waals surface area contributed by atoms with Crippen molar-refractivity contribution < 1.29 is 13.9 Å². The number of rotatable bonds is 7. The number of carbonyl (C=O) groups is 1. The van der Waals surface area contributed by atoms with Gasteiger partial charge in [-0.3, -0.25) is 4.79 Å². The van der Waals surface area contributed by atoms with Crippen molar-refractivity contribution in [3.63, 3.8) is 0 Å². The molecule has 0 saturated heterocycles. The number of halogens is 3. The lowest BCUT2D eigenvalue weighted by Gasteiger charge is -2.20. The third-order valence-electron chi connectivity index (χ3n) is 3.38. The van der Waals surface area contributed by atoms with E-state index in [2.05, 4.69) is 21.2 Å². The van der Waals surface area contributed by atoms with Crippen LogP contribution in [0.4, 0.5) is 4.39 Å². The fourth-order valence-electron chi connectivity index (χ4n) is 2.11. The number of nitrogens with one attached hydrogen (secondary N) is 1. The molecule has 1 amide bonds. The van der Waals surface area contributed by atoms with Crippen LogP contribution >= 0.6 is 28.3 Å². The fraction of sp³-hybridized carbons (Fsp3) is 0.278. The molecule has 2 aromatic rings. The SMILES string of the molecule is CC(N)CCNC(=O)C(Oc1ccc(F)cc1Br)c1ccccc1.Cl. The maximum atomic E-state index is 13.2. The molecule has 25 heavy (non-hydrogen) atoms. The lowest BCUT2D eigenvalue weighted by Crippen LogP contribution is -2.35.